The molecule has 1 aromatic rings. The van der Waals surface area contributed by atoms with Gasteiger partial charge in [-0.3, -0.25) is 0 Å². The van der Waals surface area contributed by atoms with Crippen LogP contribution in [0.2, 0.25) is 0 Å². The number of hydrogen-bond donors (Lipinski definition) is 3. The average Bonchev–Trinajstić information content (AvgIpc) is 2.60. The molecular weight excluding hydrogens is 200 g/mol. The van der Waals surface area contributed by atoms with Crippen LogP contribution in [-0.4, -0.2) is 17.8 Å². The van der Waals surface area contributed by atoms with Gasteiger partial charge in [0.15, 0.2) is 0 Å². The number of anilines is 2. The van der Waals surface area contributed by atoms with E-state index in [2.05, 4.69) is 11.4 Å². The Hall–Kier alpha value is -1.22. The summed E-state index contributed by atoms with van der Waals surface area (Å²) in [6.45, 7) is 2.97. The molecule has 2 atom stereocenters. The Balaban J connectivity index is 1.89. The molecule has 1 aromatic carbocycles. The third-order valence-corrected chi connectivity index (χ3v) is 3.21. The fraction of sp³-hybridized carbons (Fsp3) is 0.538. The van der Waals surface area contributed by atoms with E-state index in [1.807, 2.05) is 19.1 Å². The molecule has 2 rings (SSSR count). The van der Waals surface area contributed by atoms with E-state index in [-0.39, 0.29) is 6.10 Å². The molecule has 16 heavy (non-hydrogen) atoms. The lowest BCUT2D eigenvalue weighted by Crippen LogP contribution is -2.12. The van der Waals surface area contributed by atoms with Gasteiger partial charge in [-0.25, -0.2) is 0 Å². The number of benzene rings is 1. The molecule has 0 spiro atoms. The number of nitrogen functional groups attached to an aromatic ring is 1. The van der Waals surface area contributed by atoms with Crippen molar-refractivity contribution in [3.63, 3.8) is 0 Å². The normalized spacial score (nSPS) is 24.6. The first-order chi connectivity index (χ1) is 7.63. The number of hydrogen-bond acceptors (Lipinski definition) is 3. The van der Waals surface area contributed by atoms with Gasteiger partial charge in [0.1, 0.15) is 0 Å². The molecule has 1 aliphatic rings. The maximum absolute atomic E-state index is 9.44. The number of aliphatic hydroxyl groups is 1. The Labute approximate surface area is 96.7 Å². The van der Waals surface area contributed by atoms with Crippen LogP contribution in [0.25, 0.3) is 0 Å². The van der Waals surface area contributed by atoms with Crippen molar-refractivity contribution in [1.29, 1.82) is 0 Å². The predicted molar refractivity (Wildman–Crippen MR) is 67.4 cm³/mol. The minimum Gasteiger partial charge on any atom is -0.399 e. The van der Waals surface area contributed by atoms with E-state index in [0.29, 0.717) is 5.92 Å². The summed E-state index contributed by atoms with van der Waals surface area (Å²) in [4.78, 5) is 0. The van der Waals surface area contributed by atoms with Gasteiger partial charge in [-0.05, 0) is 55.9 Å². The van der Waals surface area contributed by atoms with Crippen LogP contribution in [0.1, 0.15) is 24.8 Å². The van der Waals surface area contributed by atoms with Crippen molar-refractivity contribution in [3.05, 3.63) is 23.8 Å². The number of nitrogens with one attached hydrogen (secondary N) is 1. The smallest absolute Gasteiger partial charge is 0.0543 e. The zero-order chi connectivity index (χ0) is 11.5. The largest absolute Gasteiger partial charge is 0.399 e. The van der Waals surface area contributed by atoms with Crippen molar-refractivity contribution in [2.75, 3.05) is 17.6 Å². The number of nitrogens with two attached hydrogens (primary N) is 1. The quantitative estimate of drug-likeness (QED) is 0.684. The second-order valence-electron chi connectivity index (χ2n) is 4.85. The van der Waals surface area contributed by atoms with E-state index in [4.69, 9.17) is 5.73 Å². The number of aliphatic hydroxyl groups excluding tert-OH is 1. The van der Waals surface area contributed by atoms with Crippen molar-refractivity contribution in [1.82, 2.24) is 0 Å². The van der Waals surface area contributed by atoms with Gasteiger partial charge in [0.25, 0.3) is 0 Å². The van der Waals surface area contributed by atoms with Crippen LogP contribution in [-0.2, 0) is 0 Å². The second kappa shape index (κ2) is 4.74. The van der Waals surface area contributed by atoms with Crippen LogP contribution < -0.4 is 11.1 Å². The SMILES string of the molecule is Cc1cc(N)cc(NCC2CCC(O)C2)c1. The van der Waals surface area contributed by atoms with Crippen molar-refractivity contribution in [2.45, 2.75) is 32.3 Å². The lowest BCUT2D eigenvalue weighted by atomic mass is 10.1. The third-order valence-electron chi connectivity index (χ3n) is 3.21. The zero-order valence-corrected chi connectivity index (χ0v) is 9.74. The fourth-order valence-corrected chi connectivity index (χ4v) is 2.41. The topological polar surface area (TPSA) is 58.3 Å². The Morgan fingerprint density at radius 2 is 2.19 bits per heavy atom. The van der Waals surface area contributed by atoms with Crippen LogP contribution in [0.3, 0.4) is 0 Å². The first-order valence-corrected chi connectivity index (χ1v) is 5.92. The molecule has 0 bridgehead atoms. The molecule has 0 amide bonds. The van der Waals surface area contributed by atoms with Gasteiger partial charge in [0.05, 0.1) is 6.10 Å². The molecule has 0 heterocycles. The lowest BCUT2D eigenvalue weighted by Gasteiger charge is -2.13. The Bertz CT molecular complexity index is 345. The molecule has 0 aliphatic heterocycles. The summed E-state index contributed by atoms with van der Waals surface area (Å²) in [7, 11) is 0. The van der Waals surface area contributed by atoms with Gasteiger partial charge in [-0.2, -0.15) is 0 Å². The molecule has 0 saturated heterocycles. The number of aryl methyl sites for hydroxylation is 1. The molecule has 88 valence electrons. The van der Waals surface area contributed by atoms with Gasteiger partial charge >= 0.3 is 0 Å². The summed E-state index contributed by atoms with van der Waals surface area (Å²) in [5.74, 6) is 0.594. The Kier molecular flexibility index (Phi) is 3.34. The van der Waals surface area contributed by atoms with Gasteiger partial charge in [-0.1, -0.05) is 0 Å². The summed E-state index contributed by atoms with van der Waals surface area (Å²) in [5.41, 5.74) is 8.84. The van der Waals surface area contributed by atoms with Crippen LogP contribution in [0.5, 0.6) is 0 Å². The highest BCUT2D eigenvalue weighted by Gasteiger charge is 2.22. The zero-order valence-electron chi connectivity index (χ0n) is 9.74. The predicted octanol–water partition coefficient (Wildman–Crippen LogP) is 2.15. The molecule has 0 aromatic heterocycles. The van der Waals surface area contributed by atoms with E-state index >= 15 is 0 Å². The van der Waals surface area contributed by atoms with Crippen molar-refractivity contribution < 1.29 is 5.11 Å². The molecule has 0 radical (unpaired) electrons. The highest BCUT2D eigenvalue weighted by molar-refractivity contribution is 5.56. The molecule has 3 nitrogen and oxygen atoms in total. The Morgan fingerprint density at radius 3 is 2.81 bits per heavy atom. The fourth-order valence-electron chi connectivity index (χ4n) is 2.41. The van der Waals surface area contributed by atoms with Gasteiger partial charge in [-0.15, -0.1) is 0 Å². The first kappa shape index (κ1) is 11.3. The average molecular weight is 220 g/mol. The standard InChI is InChI=1S/C13H20N2O/c1-9-4-11(14)7-12(5-9)15-8-10-2-3-13(16)6-10/h4-5,7,10,13,15-16H,2-3,6,8,14H2,1H3. The number of rotatable bonds is 3. The van der Waals surface area contributed by atoms with E-state index < -0.39 is 0 Å². The third kappa shape index (κ3) is 2.89. The summed E-state index contributed by atoms with van der Waals surface area (Å²) >= 11 is 0. The van der Waals surface area contributed by atoms with Crippen LogP contribution >= 0.6 is 0 Å². The second-order valence-corrected chi connectivity index (χ2v) is 4.85. The molecule has 1 saturated carbocycles. The molecule has 4 N–H and O–H groups in total. The molecular formula is C13H20N2O. The van der Waals surface area contributed by atoms with Crippen molar-refractivity contribution in [2.24, 2.45) is 5.92 Å². The lowest BCUT2D eigenvalue weighted by molar-refractivity contribution is 0.178. The monoisotopic (exact) mass is 220 g/mol. The van der Waals surface area contributed by atoms with E-state index in [1.165, 1.54) is 5.56 Å². The van der Waals surface area contributed by atoms with E-state index in [1.54, 1.807) is 0 Å². The molecule has 1 aliphatic carbocycles. The summed E-state index contributed by atoms with van der Waals surface area (Å²) in [6.07, 6.45) is 2.90. The van der Waals surface area contributed by atoms with Crippen molar-refractivity contribution >= 4 is 11.4 Å². The van der Waals surface area contributed by atoms with Crippen LogP contribution in [0.15, 0.2) is 18.2 Å². The van der Waals surface area contributed by atoms with Gasteiger partial charge in [0.2, 0.25) is 0 Å². The van der Waals surface area contributed by atoms with E-state index in [9.17, 15) is 5.11 Å². The summed E-state index contributed by atoms with van der Waals surface area (Å²) < 4.78 is 0. The van der Waals surface area contributed by atoms with E-state index in [0.717, 1.165) is 37.2 Å². The maximum atomic E-state index is 9.44. The van der Waals surface area contributed by atoms with Crippen LogP contribution in [0.4, 0.5) is 11.4 Å². The summed E-state index contributed by atoms with van der Waals surface area (Å²) in [5, 5.41) is 12.8. The highest BCUT2D eigenvalue weighted by atomic mass is 16.3. The van der Waals surface area contributed by atoms with Crippen molar-refractivity contribution in [3.8, 4) is 0 Å². The Morgan fingerprint density at radius 1 is 1.38 bits per heavy atom. The minimum atomic E-state index is -0.0885. The molecule has 3 heteroatoms. The maximum Gasteiger partial charge on any atom is 0.0543 e. The van der Waals surface area contributed by atoms with Crippen LogP contribution in [0, 0.1) is 12.8 Å². The van der Waals surface area contributed by atoms with Gasteiger partial charge in [0, 0.05) is 17.9 Å². The van der Waals surface area contributed by atoms with Gasteiger partial charge < -0.3 is 16.2 Å². The molecule has 1 fully saturated rings. The molecule has 2 unspecified atom stereocenters. The first-order valence-electron chi connectivity index (χ1n) is 5.92. The highest BCUT2D eigenvalue weighted by Crippen LogP contribution is 2.26. The summed E-state index contributed by atoms with van der Waals surface area (Å²) in [6, 6.07) is 6.02. The minimum absolute atomic E-state index is 0.0885.